The molecule has 3 N–H and O–H groups in total. The molecule has 3 aromatic rings. The standard InChI is InChI=1S/C22H19F3N4O4S/c23-22(24,25)17-6-2-7-18(13-17)29-34(32,33)19-8-1-4-15(12-19)20(30)27-10-11-28-21(31)16-5-3-9-26-14-16/h1-9,12-14,29H,10-11H2,(H,27,30)(H,28,31). The molecule has 0 atom stereocenters. The summed E-state index contributed by atoms with van der Waals surface area (Å²) in [5, 5.41) is 5.15. The summed E-state index contributed by atoms with van der Waals surface area (Å²) in [6.07, 6.45) is -1.70. The van der Waals surface area contributed by atoms with Crippen LogP contribution in [0.15, 0.2) is 78.0 Å². The Bertz CT molecular complexity index is 1280. The smallest absolute Gasteiger partial charge is 0.350 e. The van der Waals surface area contributed by atoms with E-state index >= 15 is 0 Å². The van der Waals surface area contributed by atoms with Gasteiger partial charge >= 0.3 is 6.18 Å². The van der Waals surface area contributed by atoms with Gasteiger partial charge in [0.15, 0.2) is 0 Å². The molecule has 0 bridgehead atoms. The molecule has 8 nitrogen and oxygen atoms in total. The van der Waals surface area contributed by atoms with Crippen LogP contribution < -0.4 is 15.4 Å². The number of rotatable bonds is 8. The maximum Gasteiger partial charge on any atom is 0.416 e. The van der Waals surface area contributed by atoms with Crippen molar-refractivity contribution in [2.75, 3.05) is 17.8 Å². The zero-order valence-electron chi connectivity index (χ0n) is 17.5. The van der Waals surface area contributed by atoms with Crippen molar-refractivity contribution in [2.45, 2.75) is 11.1 Å². The first-order chi connectivity index (χ1) is 16.1. The number of nitrogens with zero attached hydrogens (tertiary/aromatic N) is 1. The summed E-state index contributed by atoms with van der Waals surface area (Å²) in [6, 6.07) is 12.0. The van der Waals surface area contributed by atoms with Gasteiger partial charge in [-0.2, -0.15) is 13.2 Å². The molecule has 34 heavy (non-hydrogen) atoms. The number of benzene rings is 2. The molecule has 0 fully saturated rings. The number of aromatic nitrogens is 1. The Kier molecular flexibility index (Phi) is 7.51. The van der Waals surface area contributed by atoms with Crippen molar-refractivity contribution in [2.24, 2.45) is 0 Å². The van der Waals surface area contributed by atoms with Crippen LogP contribution in [-0.4, -0.2) is 38.3 Å². The molecule has 0 spiro atoms. The van der Waals surface area contributed by atoms with Gasteiger partial charge in [0.25, 0.3) is 21.8 Å². The number of anilines is 1. The average molecular weight is 492 g/mol. The third-order valence-corrected chi connectivity index (χ3v) is 5.85. The van der Waals surface area contributed by atoms with Crippen LogP contribution in [0.5, 0.6) is 0 Å². The number of hydrogen-bond acceptors (Lipinski definition) is 5. The van der Waals surface area contributed by atoms with Crippen molar-refractivity contribution in [3.05, 3.63) is 89.7 Å². The lowest BCUT2D eigenvalue weighted by Crippen LogP contribution is -2.34. The minimum absolute atomic E-state index is 0.0190. The second kappa shape index (κ2) is 10.3. The van der Waals surface area contributed by atoms with E-state index in [1.54, 1.807) is 12.1 Å². The normalized spacial score (nSPS) is 11.5. The molecule has 0 saturated carbocycles. The van der Waals surface area contributed by atoms with Gasteiger partial charge in [-0.1, -0.05) is 12.1 Å². The summed E-state index contributed by atoms with van der Waals surface area (Å²) >= 11 is 0. The van der Waals surface area contributed by atoms with E-state index in [-0.39, 0.29) is 35.1 Å². The molecule has 0 aliphatic rings. The van der Waals surface area contributed by atoms with E-state index in [0.29, 0.717) is 11.6 Å². The molecule has 178 valence electrons. The summed E-state index contributed by atoms with van der Waals surface area (Å²) in [7, 11) is -4.26. The Morgan fingerprint density at radius 1 is 0.853 bits per heavy atom. The molecule has 0 aliphatic carbocycles. The number of pyridine rings is 1. The number of amides is 2. The van der Waals surface area contributed by atoms with Crippen molar-refractivity contribution in [3.8, 4) is 0 Å². The lowest BCUT2D eigenvalue weighted by molar-refractivity contribution is -0.137. The van der Waals surface area contributed by atoms with E-state index in [0.717, 1.165) is 18.2 Å². The number of nitrogens with one attached hydrogen (secondary N) is 3. The number of carbonyl (C=O) groups excluding carboxylic acids is 2. The van der Waals surface area contributed by atoms with Gasteiger partial charge in [-0.25, -0.2) is 8.42 Å². The highest BCUT2D eigenvalue weighted by atomic mass is 32.2. The Morgan fingerprint density at radius 2 is 1.50 bits per heavy atom. The molecule has 3 rings (SSSR count). The zero-order chi connectivity index (χ0) is 24.8. The predicted molar refractivity (Wildman–Crippen MR) is 118 cm³/mol. The van der Waals surface area contributed by atoms with Crippen molar-refractivity contribution in [1.82, 2.24) is 15.6 Å². The van der Waals surface area contributed by atoms with Crippen molar-refractivity contribution >= 4 is 27.5 Å². The highest BCUT2D eigenvalue weighted by Crippen LogP contribution is 2.31. The van der Waals surface area contributed by atoms with Crippen LogP contribution >= 0.6 is 0 Å². The minimum Gasteiger partial charge on any atom is -0.350 e. The van der Waals surface area contributed by atoms with Crippen LogP contribution in [-0.2, 0) is 16.2 Å². The quantitative estimate of drug-likeness (QED) is 0.418. The zero-order valence-corrected chi connectivity index (χ0v) is 18.3. The molecule has 1 aromatic heterocycles. The van der Waals surface area contributed by atoms with E-state index in [2.05, 4.69) is 20.3 Å². The maximum absolute atomic E-state index is 12.9. The fraction of sp³-hybridized carbons (Fsp3) is 0.136. The molecule has 0 saturated heterocycles. The summed E-state index contributed by atoms with van der Waals surface area (Å²) < 4.78 is 66.0. The van der Waals surface area contributed by atoms with E-state index in [1.807, 2.05) is 0 Å². The SMILES string of the molecule is O=C(NCCNC(=O)c1cccc(S(=O)(=O)Nc2cccc(C(F)(F)F)c2)c1)c1cccnc1. The molecule has 1 heterocycles. The van der Waals surface area contributed by atoms with E-state index < -0.39 is 27.7 Å². The maximum atomic E-state index is 12.9. The molecule has 0 aliphatic heterocycles. The Hall–Kier alpha value is -3.93. The average Bonchev–Trinajstić information content (AvgIpc) is 2.81. The van der Waals surface area contributed by atoms with Crippen LogP contribution in [0, 0.1) is 0 Å². The number of sulfonamides is 1. The molecule has 2 aromatic carbocycles. The second-order valence-electron chi connectivity index (χ2n) is 6.97. The van der Waals surface area contributed by atoms with Crippen molar-refractivity contribution < 1.29 is 31.2 Å². The molecule has 0 radical (unpaired) electrons. The van der Waals surface area contributed by atoms with Crippen LogP contribution in [0.4, 0.5) is 18.9 Å². The Balaban J connectivity index is 1.61. The Morgan fingerprint density at radius 3 is 2.15 bits per heavy atom. The van der Waals surface area contributed by atoms with Crippen molar-refractivity contribution in [3.63, 3.8) is 0 Å². The van der Waals surface area contributed by atoms with Gasteiger partial charge in [0.2, 0.25) is 0 Å². The lowest BCUT2D eigenvalue weighted by atomic mass is 10.2. The summed E-state index contributed by atoms with van der Waals surface area (Å²) in [5.74, 6) is -0.956. The summed E-state index contributed by atoms with van der Waals surface area (Å²) in [4.78, 5) is 27.9. The monoisotopic (exact) mass is 492 g/mol. The largest absolute Gasteiger partial charge is 0.416 e. The summed E-state index contributed by atoms with van der Waals surface area (Å²) in [5.41, 5.74) is -0.893. The van der Waals surface area contributed by atoms with Gasteiger partial charge in [-0.3, -0.25) is 19.3 Å². The Labute approximate surface area is 193 Å². The molecular formula is C22H19F3N4O4S. The highest BCUT2D eigenvalue weighted by Gasteiger charge is 2.30. The molecule has 0 unspecified atom stereocenters. The summed E-state index contributed by atoms with van der Waals surface area (Å²) in [6.45, 7) is 0.193. The van der Waals surface area contributed by atoms with Gasteiger partial charge in [-0.05, 0) is 48.5 Å². The van der Waals surface area contributed by atoms with Crippen LogP contribution in [0.2, 0.25) is 0 Å². The van der Waals surface area contributed by atoms with E-state index in [9.17, 15) is 31.2 Å². The van der Waals surface area contributed by atoms with Gasteiger partial charge in [0, 0.05) is 36.7 Å². The third-order valence-electron chi connectivity index (χ3n) is 4.47. The van der Waals surface area contributed by atoms with Gasteiger partial charge in [0.1, 0.15) is 0 Å². The van der Waals surface area contributed by atoms with Gasteiger partial charge in [0.05, 0.1) is 16.0 Å². The van der Waals surface area contributed by atoms with Crippen molar-refractivity contribution in [1.29, 1.82) is 0 Å². The second-order valence-corrected chi connectivity index (χ2v) is 8.65. The molecular weight excluding hydrogens is 473 g/mol. The van der Waals surface area contributed by atoms with Gasteiger partial charge in [-0.15, -0.1) is 0 Å². The van der Waals surface area contributed by atoms with Crippen LogP contribution in [0.3, 0.4) is 0 Å². The fourth-order valence-corrected chi connectivity index (χ4v) is 3.93. The number of alkyl halides is 3. The number of halogens is 3. The molecule has 12 heteroatoms. The predicted octanol–water partition coefficient (Wildman–Crippen LogP) is 3.06. The fourth-order valence-electron chi connectivity index (χ4n) is 2.83. The minimum atomic E-state index is -4.63. The lowest BCUT2D eigenvalue weighted by Gasteiger charge is -2.12. The highest BCUT2D eigenvalue weighted by molar-refractivity contribution is 7.92. The number of hydrogen-bond donors (Lipinski definition) is 3. The molecule has 2 amide bonds. The van der Waals surface area contributed by atoms with E-state index in [1.165, 1.54) is 36.7 Å². The van der Waals surface area contributed by atoms with Crippen LogP contribution in [0.25, 0.3) is 0 Å². The third kappa shape index (κ3) is 6.54. The first-order valence-electron chi connectivity index (χ1n) is 9.83. The van der Waals surface area contributed by atoms with Crippen LogP contribution in [0.1, 0.15) is 26.3 Å². The topological polar surface area (TPSA) is 117 Å². The van der Waals surface area contributed by atoms with E-state index in [4.69, 9.17) is 0 Å². The first-order valence-corrected chi connectivity index (χ1v) is 11.3. The van der Waals surface area contributed by atoms with Gasteiger partial charge < -0.3 is 10.6 Å². The number of carbonyl (C=O) groups is 2. The first kappa shape index (κ1) is 24.7.